The number of aryl methyl sites for hydroxylation is 1. The summed E-state index contributed by atoms with van der Waals surface area (Å²) in [6.07, 6.45) is -0.137. The van der Waals surface area contributed by atoms with Gasteiger partial charge in [0.25, 0.3) is 0 Å². The highest BCUT2D eigenvalue weighted by Gasteiger charge is 2.32. The summed E-state index contributed by atoms with van der Waals surface area (Å²) in [5.41, 5.74) is 2.46. The number of rotatable bonds is 3. The number of hydrogen-bond acceptors (Lipinski definition) is 5. The third-order valence-electron chi connectivity index (χ3n) is 4.02. The number of halogens is 1. The van der Waals surface area contributed by atoms with Gasteiger partial charge in [-0.1, -0.05) is 29.0 Å². The van der Waals surface area contributed by atoms with Crippen molar-refractivity contribution in [1.29, 1.82) is 0 Å². The van der Waals surface area contributed by atoms with Crippen molar-refractivity contribution in [3.8, 4) is 0 Å². The minimum Gasteiger partial charge on any atom is -0.455 e. The van der Waals surface area contributed by atoms with E-state index in [-0.39, 0.29) is 17.9 Å². The second-order valence-corrected chi connectivity index (χ2v) is 6.92. The van der Waals surface area contributed by atoms with Crippen molar-refractivity contribution in [3.05, 3.63) is 59.4 Å². The Hall–Kier alpha value is -2.47. The van der Waals surface area contributed by atoms with Gasteiger partial charge in [-0.2, -0.15) is 0 Å². The maximum atomic E-state index is 13.2. The normalized spacial score (nSPS) is 14.7. The Morgan fingerprint density at radius 3 is 2.75 bits per heavy atom. The Morgan fingerprint density at radius 1 is 1.25 bits per heavy atom. The van der Waals surface area contributed by atoms with Gasteiger partial charge in [-0.15, -0.1) is 0 Å². The predicted molar refractivity (Wildman–Crippen MR) is 92.2 cm³/mol. The van der Waals surface area contributed by atoms with Crippen LogP contribution in [0.3, 0.4) is 0 Å². The first-order valence-electron chi connectivity index (χ1n) is 7.67. The van der Waals surface area contributed by atoms with Crippen molar-refractivity contribution >= 4 is 32.7 Å². The summed E-state index contributed by atoms with van der Waals surface area (Å²) in [5.74, 6) is -0.558. The number of esters is 1. The van der Waals surface area contributed by atoms with E-state index in [1.54, 1.807) is 18.2 Å². The third-order valence-corrected chi connectivity index (χ3v) is 5.10. The second kappa shape index (κ2) is 5.87. The van der Waals surface area contributed by atoms with Gasteiger partial charge in [-0.25, -0.2) is 14.2 Å². The third kappa shape index (κ3) is 2.85. The number of carbonyl (C=O) groups excluding carboxylic acids is 1. The number of aromatic nitrogens is 1. The molecule has 6 heteroatoms. The number of benzene rings is 2. The van der Waals surface area contributed by atoms with E-state index < -0.39 is 0 Å². The molecule has 0 bridgehead atoms. The number of hydrogen-bond donors (Lipinski definition) is 0. The van der Waals surface area contributed by atoms with E-state index in [0.717, 1.165) is 20.9 Å². The van der Waals surface area contributed by atoms with Crippen LogP contribution in [0.5, 0.6) is 0 Å². The molecule has 0 spiro atoms. The van der Waals surface area contributed by atoms with Gasteiger partial charge in [0.2, 0.25) is 0 Å². The summed E-state index contributed by atoms with van der Waals surface area (Å²) in [7, 11) is 0. The van der Waals surface area contributed by atoms with Crippen LogP contribution in [0.25, 0.3) is 10.2 Å². The van der Waals surface area contributed by atoms with Crippen LogP contribution in [0, 0.1) is 12.7 Å². The molecule has 0 unspecified atom stereocenters. The first kappa shape index (κ1) is 15.1. The fraction of sp³-hybridized carbons (Fsp3) is 0.222. The summed E-state index contributed by atoms with van der Waals surface area (Å²) >= 11 is 1.45. The molecule has 1 fully saturated rings. The average Bonchev–Trinajstić information content (AvgIpc) is 2.93. The number of thiazole rings is 1. The fourth-order valence-corrected chi connectivity index (χ4v) is 3.61. The molecule has 1 aromatic heterocycles. The van der Waals surface area contributed by atoms with Crippen LogP contribution in [0.1, 0.15) is 15.9 Å². The predicted octanol–water partition coefficient (Wildman–Crippen LogP) is 3.79. The Morgan fingerprint density at radius 2 is 2.00 bits per heavy atom. The maximum Gasteiger partial charge on any atom is 0.338 e. The molecule has 0 atom stereocenters. The van der Waals surface area contributed by atoms with Crippen LogP contribution < -0.4 is 4.90 Å². The van der Waals surface area contributed by atoms with E-state index in [1.165, 1.54) is 23.5 Å². The molecule has 1 saturated heterocycles. The molecule has 3 aromatic rings. The van der Waals surface area contributed by atoms with E-state index in [0.29, 0.717) is 18.7 Å². The fourth-order valence-electron chi connectivity index (χ4n) is 2.60. The molecule has 0 radical (unpaired) electrons. The Labute approximate surface area is 142 Å². The quantitative estimate of drug-likeness (QED) is 0.679. The van der Waals surface area contributed by atoms with Gasteiger partial charge in [-0.3, -0.25) is 0 Å². The minimum absolute atomic E-state index is 0.137. The SMILES string of the molecule is Cc1ccc(C(=O)OC2CN(c3nc4ccc(F)cc4s3)C2)cc1. The number of nitrogens with zero attached hydrogens (tertiary/aromatic N) is 2. The van der Waals surface area contributed by atoms with Gasteiger partial charge in [-0.05, 0) is 37.3 Å². The summed E-state index contributed by atoms with van der Waals surface area (Å²) in [6.45, 7) is 3.20. The Kier molecular flexibility index (Phi) is 3.69. The lowest BCUT2D eigenvalue weighted by Gasteiger charge is -2.38. The van der Waals surface area contributed by atoms with E-state index >= 15 is 0 Å². The van der Waals surface area contributed by atoms with Crippen LogP contribution in [-0.4, -0.2) is 30.1 Å². The molecule has 0 saturated carbocycles. The molecular weight excluding hydrogens is 327 g/mol. The van der Waals surface area contributed by atoms with Crippen molar-refractivity contribution < 1.29 is 13.9 Å². The lowest BCUT2D eigenvalue weighted by molar-refractivity contribution is 0.0234. The van der Waals surface area contributed by atoms with Gasteiger partial charge in [0, 0.05) is 0 Å². The number of anilines is 1. The van der Waals surface area contributed by atoms with E-state index in [9.17, 15) is 9.18 Å². The zero-order valence-corrected chi connectivity index (χ0v) is 13.8. The molecule has 122 valence electrons. The Balaban J connectivity index is 1.38. The zero-order valence-electron chi connectivity index (χ0n) is 13.0. The van der Waals surface area contributed by atoms with Crippen LogP contribution >= 0.6 is 11.3 Å². The molecule has 2 heterocycles. The van der Waals surface area contributed by atoms with Gasteiger partial charge in [0.1, 0.15) is 11.9 Å². The monoisotopic (exact) mass is 342 g/mol. The number of ether oxygens (including phenoxy) is 1. The lowest BCUT2D eigenvalue weighted by atomic mass is 10.1. The molecule has 0 amide bonds. The molecule has 1 aliphatic heterocycles. The van der Waals surface area contributed by atoms with Crippen molar-refractivity contribution in [2.75, 3.05) is 18.0 Å². The summed E-state index contributed by atoms with van der Waals surface area (Å²) < 4.78 is 19.6. The largest absolute Gasteiger partial charge is 0.455 e. The van der Waals surface area contributed by atoms with Crippen molar-refractivity contribution in [3.63, 3.8) is 0 Å². The van der Waals surface area contributed by atoms with Gasteiger partial charge < -0.3 is 9.64 Å². The van der Waals surface area contributed by atoms with Crippen LogP contribution in [0.15, 0.2) is 42.5 Å². The summed E-state index contributed by atoms with van der Waals surface area (Å²) in [6, 6.07) is 11.9. The van der Waals surface area contributed by atoms with E-state index in [2.05, 4.69) is 4.98 Å². The van der Waals surface area contributed by atoms with Gasteiger partial charge >= 0.3 is 5.97 Å². The van der Waals surface area contributed by atoms with Crippen molar-refractivity contribution in [1.82, 2.24) is 4.98 Å². The highest BCUT2D eigenvalue weighted by atomic mass is 32.1. The van der Waals surface area contributed by atoms with E-state index in [1.807, 2.05) is 24.0 Å². The maximum absolute atomic E-state index is 13.2. The number of fused-ring (bicyclic) bond motifs is 1. The van der Waals surface area contributed by atoms with Gasteiger partial charge in [0.05, 0.1) is 28.9 Å². The smallest absolute Gasteiger partial charge is 0.338 e. The zero-order chi connectivity index (χ0) is 16.7. The second-order valence-electron chi connectivity index (χ2n) is 5.91. The standard InChI is InChI=1S/C18H15FN2O2S/c1-11-2-4-12(5-3-11)17(22)23-14-9-21(10-14)18-20-15-7-6-13(19)8-16(15)24-18/h2-8,14H,9-10H2,1H3. The first-order valence-corrected chi connectivity index (χ1v) is 8.49. The number of carbonyl (C=O) groups is 1. The van der Waals surface area contributed by atoms with Crippen LogP contribution in [0.4, 0.5) is 9.52 Å². The highest BCUT2D eigenvalue weighted by molar-refractivity contribution is 7.22. The summed E-state index contributed by atoms with van der Waals surface area (Å²) in [5, 5.41) is 0.832. The lowest BCUT2D eigenvalue weighted by Crippen LogP contribution is -2.53. The average molecular weight is 342 g/mol. The minimum atomic E-state index is -0.300. The van der Waals surface area contributed by atoms with Crippen LogP contribution in [-0.2, 0) is 4.74 Å². The first-order chi connectivity index (χ1) is 11.6. The molecule has 4 rings (SSSR count). The van der Waals surface area contributed by atoms with E-state index in [4.69, 9.17) is 4.74 Å². The molecule has 2 aromatic carbocycles. The molecule has 0 aliphatic carbocycles. The highest BCUT2D eigenvalue weighted by Crippen LogP contribution is 2.32. The van der Waals surface area contributed by atoms with Crippen molar-refractivity contribution in [2.24, 2.45) is 0 Å². The molecule has 24 heavy (non-hydrogen) atoms. The Bertz CT molecular complexity index is 901. The molecule has 0 N–H and O–H groups in total. The van der Waals surface area contributed by atoms with Gasteiger partial charge in [0.15, 0.2) is 5.13 Å². The van der Waals surface area contributed by atoms with Crippen LogP contribution in [0.2, 0.25) is 0 Å². The topological polar surface area (TPSA) is 42.4 Å². The molecular formula is C18H15FN2O2S. The van der Waals surface area contributed by atoms with Crippen molar-refractivity contribution in [2.45, 2.75) is 13.0 Å². The molecule has 1 aliphatic rings. The molecule has 4 nitrogen and oxygen atoms in total. The summed E-state index contributed by atoms with van der Waals surface area (Å²) in [4.78, 5) is 18.6.